The van der Waals surface area contributed by atoms with Gasteiger partial charge in [0.1, 0.15) is 0 Å². The molecule has 1 heterocycles. The van der Waals surface area contributed by atoms with E-state index in [1.165, 1.54) is 0 Å². The van der Waals surface area contributed by atoms with Crippen LogP contribution in [0.5, 0.6) is 0 Å². The van der Waals surface area contributed by atoms with E-state index >= 15 is 0 Å². The average Bonchev–Trinajstić information content (AvgIpc) is 2.85. The van der Waals surface area contributed by atoms with Gasteiger partial charge in [-0.3, -0.25) is 4.79 Å². The molecule has 10 heteroatoms. The van der Waals surface area contributed by atoms with E-state index in [0.29, 0.717) is 11.8 Å². The summed E-state index contributed by atoms with van der Waals surface area (Å²) in [4.78, 5) is 19.4. The number of guanidine groups is 1. The highest BCUT2D eigenvalue weighted by atomic mass is 32.1. The topological polar surface area (TPSA) is 106 Å². The first-order chi connectivity index (χ1) is 10.4. The maximum absolute atomic E-state index is 13.4. The van der Waals surface area contributed by atoms with Gasteiger partial charge in [-0.05, 0) is 12.1 Å². The van der Waals surface area contributed by atoms with Crippen LogP contribution in [0.3, 0.4) is 0 Å². The second-order valence-electron chi connectivity index (χ2n) is 4.11. The van der Waals surface area contributed by atoms with Crippen LogP contribution in [0.25, 0.3) is 0 Å². The highest BCUT2D eigenvalue weighted by molar-refractivity contribution is 7.13. The molecule has 0 unspecified atom stereocenters. The normalized spacial score (nSPS) is 10.3. The van der Waals surface area contributed by atoms with Crippen molar-refractivity contribution in [3.8, 4) is 0 Å². The Morgan fingerprint density at radius 2 is 2.00 bits per heavy atom. The lowest BCUT2D eigenvalue weighted by Crippen LogP contribution is -2.21. The van der Waals surface area contributed by atoms with Crippen molar-refractivity contribution in [1.29, 1.82) is 0 Å². The lowest BCUT2D eigenvalue weighted by molar-refractivity contribution is -0.115. The van der Waals surface area contributed by atoms with Crippen molar-refractivity contribution in [3.05, 3.63) is 40.7 Å². The summed E-state index contributed by atoms with van der Waals surface area (Å²) in [5.41, 5.74) is 10.3. The number of nitrogens with one attached hydrogen (secondary N) is 1. The van der Waals surface area contributed by atoms with E-state index in [-0.39, 0.29) is 17.5 Å². The second kappa shape index (κ2) is 6.43. The van der Waals surface area contributed by atoms with Crippen LogP contribution in [0, 0.1) is 17.5 Å². The number of hydrogen-bond acceptors (Lipinski definition) is 4. The van der Waals surface area contributed by atoms with E-state index in [1.807, 2.05) is 0 Å². The Balaban J connectivity index is 2.06. The summed E-state index contributed by atoms with van der Waals surface area (Å²) in [5, 5.41) is 3.95. The number of hydrogen-bond donors (Lipinski definition) is 3. The van der Waals surface area contributed by atoms with Gasteiger partial charge in [-0.2, -0.15) is 4.99 Å². The monoisotopic (exact) mass is 329 g/mol. The van der Waals surface area contributed by atoms with Crippen LogP contribution in [0.15, 0.2) is 22.5 Å². The summed E-state index contributed by atoms with van der Waals surface area (Å²) >= 11 is 1.11. The van der Waals surface area contributed by atoms with E-state index in [2.05, 4.69) is 15.3 Å². The molecule has 1 aromatic carbocycles. The van der Waals surface area contributed by atoms with E-state index < -0.39 is 29.0 Å². The van der Waals surface area contributed by atoms with Gasteiger partial charge in [0.05, 0.1) is 17.8 Å². The number of rotatable bonds is 4. The molecule has 0 aliphatic carbocycles. The molecule has 0 atom stereocenters. The number of nitrogens with two attached hydrogens (primary N) is 2. The molecule has 0 aliphatic rings. The van der Waals surface area contributed by atoms with E-state index in [4.69, 9.17) is 11.5 Å². The third-order valence-electron chi connectivity index (χ3n) is 2.42. The summed E-state index contributed by atoms with van der Waals surface area (Å²) in [6.45, 7) is 0. The fraction of sp³-hybridized carbons (Fsp3) is 0.0833. The van der Waals surface area contributed by atoms with Crippen molar-refractivity contribution in [2.75, 3.05) is 5.32 Å². The first-order valence-corrected chi connectivity index (χ1v) is 6.72. The molecule has 0 saturated heterocycles. The molecule has 0 bridgehead atoms. The quantitative estimate of drug-likeness (QED) is 0.450. The summed E-state index contributed by atoms with van der Waals surface area (Å²) in [6, 6.07) is 1.64. The Kier molecular flexibility index (Phi) is 4.61. The largest absolute Gasteiger partial charge is 0.370 e. The molecule has 116 valence electrons. The lowest BCUT2D eigenvalue weighted by atomic mass is 10.2. The summed E-state index contributed by atoms with van der Waals surface area (Å²) in [7, 11) is 0. The molecule has 2 rings (SSSR count). The van der Waals surface area contributed by atoms with Gasteiger partial charge in [0.2, 0.25) is 11.0 Å². The third-order valence-corrected chi connectivity index (χ3v) is 3.20. The molecule has 0 fully saturated rings. The number of aromatic nitrogens is 1. The molecule has 5 N–H and O–H groups in total. The molecule has 0 radical (unpaired) electrons. The minimum Gasteiger partial charge on any atom is -0.370 e. The van der Waals surface area contributed by atoms with Crippen molar-refractivity contribution in [1.82, 2.24) is 4.98 Å². The zero-order valence-electron chi connectivity index (χ0n) is 10.9. The number of benzene rings is 1. The van der Waals surface area contributed by atoms with Gasteiger partial charge < -0.3 is 16.8 Å². The van der Waals surface area contributed by atoms with Crippen LogP contribution in [-0.2, 0) is 11.2 Å². The molecule has 1 aromatic heterocycles. The number of carbonyl (C=O) groups excluding carboxylic acids is 1. The van der Waals surface area contributed by atoms with E-state index in [1.54, 1.807) is 5.38 Å². The molecule has 22 heavy (non-hydrogen) atoms. The van der Waals surface area contributed by atoms with Crippen LogP contribution in [0.2, 0.25) is 0 Å². The Morgan fingerprint density at radius 3 is 2.68 bits per heavy atom. The molecule has 0 saturated carbocycles. The van der Waals surface area contributed by atoms with Gasteiger partial charge in [0, 0.05) is 5.38 Å². The maximum Gasteiger partial charge on any atom is 0.230 e. The summed E-state index contributed by atoms with van der Waals surface area (Å²) < 4.78 is 39.2. The van der Waals surface area contributed by atoms with Crippen LogP contribution in [0.1, 0.15) is 5.69 Å². The summed E-state index contributed by atoms with van der Waals surface area (Å²) in [5.74, 6) is -5.27. The molecule has 1 amide bonds. The number of anilines is 1. The standard InChI is InChI=1S/C12H10F3N5OS/c13-6-1-2-7(10(15)9(6)14)19-8(21)3-5-4-22-12(18-5)20-11(16)17/h1-2,4H,3H2,(H,19,21)(H4,16,17,18,20). The predicted molar refractivity (Wildman–Crippen MR) is 76.2 cm³/mol. The lowest BCUT2D eigenvalue weighted by Gasteiger charge is -2.06. The van der Waals surface area contributed by atoms with Gasteiger partial charge in [-0.25, -0.2) is 18.2 Å². The number of amides is 1. The van der Waals surface area contributed by atoms with Crippen molar-refractivity contribution >= 4 is 34.0 Å². The van der Waals surface area contributed by atoms with E-state index in [9.17, 15) is 18.0 Å². The third kappa shape index (κ3) is 3.73. The minimum atomic E-state index is -1.65. The Hall–Kier alpha value is -2.62. The first kappa shape index (κ1) is 15.8. The van der Waals surface area contributed by atoms with Crippen LogP contribution >= 0.6 is 11.3 Å². The number of halogens is 3. The number of aliphatic imine (C=N–C) groups is 1. The van der Waals surface area contributed by atoms with Gasteiger partial charge in [-0.1, -0.05) is 0 Å². The van der Waals surface area contributed by atoms with Gasteiger partial charge in [-0.15, -0.1) is 11.3 Å². The summed E-state index contributed by atoms with van der Waals surface area (Å²) in [6.07, 6.45) is -0.199. The molecular formula is C12H10F3N5OS. The number of thiazole rings is 1. The zero-order valence-corrected chi connectivity index (χ0v) is 11.8. The predicted octanol–water partition coefficient (Wildman–Crippen LogP) is 1.65. The maximum atomic E-state index is 13.4. The zero-order chi connectivity index (χ0) is 16.3. The fourth-order valence-electron chi connectivity index (χ4n) is 1.52. The molecular weight excluding hydrogens is 319 g/mol. The smallest absolute Gasteiger partial charge is 0.230 e. The minimum absolute atomic E-state index is 0.172. The first-order valence-electron chi connectivity index (χ1n) is 5.84. The van der Waals surface area contributed by atoms with Crippen molar-refractivity contribution < 1.29 is 18.0 Å². The molecule has 6 nitrogen and oxygen atoms in total. The van der Waals surface area contributed by atoms with Crippen molar-refractivity contribution in [2.45, 2.75) is 6.42 Å². The van der Waals surface area contributed by atoms with Crippen LogP contribution in [0.4, 0.5) is 24.0 Å². The number of carbonyl (C=O) groups is 1. The highest BCUT2D eigenvalue weighted by Crippen LogP contribution is 2.21. The molecule has 0 aliphatic heterocycles. The Bertz CT molecular complexity index is 742. The molecule has 0 spiro atoms. The van der Waals surface area contributed by atoms with E-state index in [0.717, 1.165) is 17.4 Å². The Labute approximate surface area is 126 Å². The average molecular weight is 329 g/mol. The highest BCUT2D eigenvalue weighted by Gasteiger charge is 2.16. The van der Waals surface area contributed by atoms with Gasteiger partial charge in [0.15, 0.2) is 23.4 Å². The van der Waals surface area contributed by atoms with Crippen LogP contribution < -0.4 is 16.8 Å². The van der Waals surface area contributed by atoms with Crippen molar-refractivity contribution in [3.63, 3.8) is 0 Å². The Morgan fingerprint density at radius 1 is 1.27 bits per heavy atom. The van der Waals surface area contributed by atoms with Gasteiger partial charge >= 0.3 is 0 Å². The SMILES string of the molecule is NC(N)=Nc1nc(CC(=O)Nc2ccc(F)c(F)c2F)cs1. The van der Waals surface area contributed by atoms with Crippen molar-refractivity contribution in [2.24, 2.45) is 16.5 Å². The second-order valence-corrected chi connectivity index (χ2v) is 4.94. The van der Waals surface area contributed by atoms with Gasteiger partial charge in [0.25, 0.3) is 0 Å². The molecule has 2 aromatic rings. The fourth-order valence-corrected chi connectivity index (χ4v) is 2.23. The van der Waals surface area contributed by atoms with Crippen LogP contribution in [-0.4, -0.2) is 16.9 Å². The number of nitrogens with zero attached hydrogens (tertiary/aromatic N) is 2.